The van der Waals surface area contributed by atoms with Crippen LogP contribution in [-0.2, 0) is 6.42 Å². The fraction of sp³-hybridized carbons (Fsp3) is 0.480. The molecule has 1 fully saturated rings. The van der Waals surface area contributed by atoms with Gasteiger partial charge < -0.3 is 15.0 Å². The zero-order valence-corrected chi connectivity index (χ0v) is 17.8. The zero-order chi connectivity index (χ0) is 20.3. The van der Waals surface area contributed by atoms with E-state index in [1.54, 1.807) is 6.20 Å². The third kappa shape index (κ3) is 6.90. The van der Waals surface area contributed by atoms with Crippen molar-refractivity contribution in [1.29, 1.82) is 0 Å². The predicted molar refractivity (Wildman–Crippen MR) is 121 cm³/mol. The van der Waals surface area contributed by atoms with E-state index in [0.29, 0.717) is 6.61 Å². The van der Waals surface area contributed by atoms with Crippen molar-refractivity contribution in [2.45, 2.75) is 39.0 Å². The van der Waals surface area contributed by atoms with E-state index in [2.05, 4.69) is 59.0 Å². The van der Waals surface area contributed by atoms with Crippen molar-refractivity contribution in [3.63, 3.8) is 0 Å². The summed E-state index contributed by atoms with van der Waals surface area (Å²) in [6.07, 6.45) is 9.73. The molecular weight excluding hydrogens is 358 g/mol. The van der Waals surface area contributed by atoms with Crippen molar-refractivity contribution in [3.05, 3.63) is 66.5 Å². The summed E-state index contributed by atoms with van der Waals surface area (Å²) in [6.45, 7) is 11.4. The second kappa shape index (κ2) is 11.6. The normalized spacial score (nSPS) is 15.2. The third-order valence-corrected chi connectivity index (χ3v) is 5.73. The van der Waals surface area contributed by atoms with Gasteiger partial charge in [-0.3, -0.25) is 4.98 Å². The molecule has 0 atom stereocenters. The third-order valence-electron chi connectivity index (χ3n) is 5.73. The SMILES string of the molecule is C=C(NCCN1CCC(CCc2ccccc2)CC1)c1cnccc1OCCC. The number of likely N-dealkylation sites (tertiary alicyclic amines) is 1. The molecular formula is C25H35N3O. The lowest BCUT2D eigenvalue weighted by Crippen LogP contribution is -2.38. The summed E-state index contributed by atoms with van der Waals surface area (Å²) >= 11 is 0. The largest absolute Gasteiger partial charge is 0.493 e. The number of piperidine rings is 1. The summed E-state index contributed by atoms with van der Waals surface area (Å²) < 4.78 is 5.82. The molecule has 156 valence electrons. The Labute approximate surface area is 176 Å². The van der Waals surface area contributed by atoms with Crippen LogP contribution in [0.25, 0.3) is 5.70 Å². The van der Waals surface area contributed by atoms with Crippen LogP contribution in [0, 0.1) is 5.92 Å². The zero-order valence-electron chi connectivity index (χ0n) is 17.8. The molecule has 0 unspecified atom stereocenters. The Morgan fingerprint density at radius 1 is 1.21 bits per heavy atom. The van der Waals surface area contributed by atoms with Crippen LogP contribution in [-0.4, -0.2) is 42.7 Å². The molecule has 0 aliphatic carbocycles. The first-order valence-electron chi connectivity index (χ1n) is 11.0. The Bertz CT molecular complexity index is 739. The minimum Gasteiger partial charge on any atom is -0.493 e. The number of ether oxygens (including phenoxy) is 1. The maximum absolute atomic E-state index is 5.82. The van der Waals surface area contributed by atoms with Gasteiger partial charge in [0.05, 0.1) is 12.2 Å². The highest BCUT2D eigenvalue weighted by atomic mass is 16.5. The van der Waals surface area contributed by atoms with Crippen LogP contribution in [0.3, 0.4) is 0 Å². The number of aryl methyl sites for hydroxylation is 1. The molecule has 4 nitrogen and oxygen atoms in total. The second-order valence-corrected chi connectivity index (χ2v) is 7.93. The molecule has 1 aromatic carbocycles. The van der Waals surface area contributed by atoms with E-state index in [1.807, 2.05) is 12.3 Å². The van der Waals surface area contributed by atoms with Crippen LogP contribution in [0.15, 0.2) is 55.4 Å². The molecule has 29 heavy (non-hydrogen) atoms. The first-order chi connectivity index (χ1) is 14.3. The number of aromatic nitrogens is 1. The lowest BCUT2D eigenvalue weighted by atomic mass is 9.90. The summed E-state index contributed by atoms with van der Waals surface area (Å²) in [5, 5.41) is 3.46. The fourth-order valence-electron chi connectivity index (χ4n) is 3.92. The van der Waals surface area contributed by atoms with Crippen molar-refractivity contribution in [2.75, 3.05) is 32.8 Å². The van der Waals surface area contributed by atoms with E-state index in [1.165, 1.54) is 44.3 Å². The molecule has 0 radical (unpaired) electrons. The highest BCUT2D eigenvalue weighted by Gasteiger charge is 2.18. The lowest BCUT2D eigenvalue weighted by Gasteiger charge is -2.32. The van der Waals surface area contributed by atoms with E-state index < -0.39 is 0 Å². The minimum atomic E-state index is 0.712. The first kappa shape index (κ1) is 21.4. The summed E-state index contributed by atoms with van der Waals surface area (Å²) in [7, 11) is 0. The molecule has 1 aliphatic heterocycles. The van der Waals surface area contributed by atoms with Crippen LogP contribution in [0.5, 0.6) is 5.75 Å². The van der Waals surface area contributed by atoms with E-state index >= 15 is 0 Å². The van der Waals surface area contributed by atoms with Gasteiger partial charge >= 0.3 is 0 Å². The number of hydrogen-bond donors (Lipinski definition) is 1. The highest BCUT2D eigenvalue weighted by Crippen LogP contribution is 2.23. The van der Waals surface area contributed by atoms with Gasteiger partial charge in [-0.25, -0.2) is 0 Å². The number of nitrogens with one attached hydrogen (secondary N) is 1. The molecule has 0 amide bonds. The monoisotopic (exact) mass is 393 g/mol. The van der Waals surface area contributed by atoms with Crippen LogP contribution >= 0.6 is 0 Å². The molecule has 0 spiro atoms. The topological polar surface area (TPSA) is 37.4 Å². The number of benzene rings is 1. The molecule has 1 saturated heterocycles. The van der Waals surface area contributed by atoms with Crippen LogP contribution in [0.2, 0.25) is 0 Å². The van der Waals surface area contributed by atoms with Crippen LogP contribution in [0.1, 0.15) is 43.7 Å². The van der Waals surface area contributed by atoms with E-state index in [0.717, 1.165) is 42.4 Å². The van der Waals surface area contributed by atoms with E-state index in [9.17, 15) is 0 Å². The maximum atomic E-state index is 5.82. The Morgan fingerprint density at radius 2 is 2.00 bits per heavy atom. The molecule has 1 N–H and O–H groups in total. The van der Waals surface area contributed by atoms with Crippen LogP contribution in [0.4, 0.5) is 0 Å². The van der Waals surface area contributed by atoms with Gasteiger partial charge in [-0.15, -0.1) is 0 Å². The average Bonchev–Trinajstić information content (AvgIpc) is 2.78. The van der Waals surface area contributed by atoms with Gasteiger partial charge in [0.1, 0.15) is 5.75 Å². The van der Waals surface area contributed by atoms with Gasteiger partial charge in [-0.1, -0.05) is 43.8 Å². The van der Waals surface area contributed by atoms with Crippen LogP contribution < -0.4 is 10.1 Å². The standard InChI is InChI=1S/C25H35N3O/c1-3-19-29-25-11-14-26-20-24(25)21(2)27-15-18-28-16-12-23(13-17-28)10-9-22-7-5-4-6-8-22/h4-8,11,14,20,23,27H,2-3,9-10,12-13,15-19H2,1H3. The molecule has 3 rings (SSSR count). The molecule has 0 saturated carbocycles. The van der Waals surface area contributed by atoms with Gasteiger partial charge in [-0.05, 0) is 62.7 Å². The van der Waals surface area contributed by atoms with Gasteiger partial charge in [0.15, 0.2) is 0 Å². The minimum absolute atomic E-state index is 0.712. The van der Waals surface area contributed by atoms with Crippen molar-refractivity contribution in [1.82, 2.24) is 15.2 Å². The quantitative estimate of drug-likeness (QED) is 0.596. The highest BCUT2D eigenvalue weighted by molar-refractivity contribution is 5.66. The Morgan fingerprint density at radius 3 is 2.76 bits per heavy atom. The molecule has 1 aliphatic rings. The Kier molecular flexibility index (Phi) is 8.57. The van der Waals surface area contributed by atoms with E-state index in [4.69, 9.17) is 4.74 Å². The maximum Gasteiger partial charge on any atom is 0.131 e. The average molecular weight is 394 g/mol. The molecule has 0 bridgehead atoms. The van der Waals surface area contributed by atoms with E-state index in [-0.39, 0.29) is 0 Å². The summed E-state index contributed by atoms with van der Waals surface area (Å²) in [4.78, 5) is 6.80. The Hall–Kier alpha value is -2.33. The molecule has 4 heteroatoms. The fourth-order valence-corrected chi connectivity index (χ4v) is 3.92. The van der Waals surface area contributed by atoms with Crippen molar-refractivity contribution >= 4 is 5.70 Å². The predicted octanol–water partition coefficient (Wildman–Crippen LogP) is 4.78. The Balaban J connectivity index is 1.35. The summed E-state index contributed by atoms with van der Waals surface area (Å²) in [6, 6.07) is 12.8. The number of nitrogens with zero attached hydrogens (tertiary/aromatic N) is 2. The van der Waals surface area contributed by atoms with Gasteiger partial charge in [0.2, 0.25) is 0 Å². The van der Waals surface area contributed by atoms with Crippen molar-refractivity contribution < 1.29 is 4.74 Å². The molecule has 2 aromatic rings. The smallest absolute Gasteiger partial charge is 0.131 e. The van der Waals surface area contributed by atoms with Gasteiger partial charge in [-0.2, -0.15) is 0 Å². The summed E-state index contributed by atoms with van der Waals surface area (Å²) in [5.74, 6) is 1.72. The summed E-state index contributed by atoms with van der Waals surface area (Å²) in [5.41, 5.74) is 3.32. The lowest BCUT2D eigenvalue weighted by molar-refractivity contribution is 0.181. The van der Waals surface area contributed by atoms with Crippen molar-refractivity contribution in [3.8, 4) is 5.75 Å². The first-order valence-corrected chi connectivity index (χ1v) is 11.0. The van der Waals surface area contributed by atoms with Gasteiger partial charge in [0.25, 0.3) is 0 Å². The molecule has 1 aromatic heterocycles. The number of hydrogen-bond acceptors (Lipinski definition) is 4. The second-order valence-electron chi connectivity index (χ2n) is 7.93. The van der Waals surface area contributed by atoms with Gasteiger partial charge in [0, 0.05) is 31.2 Å². The number of rotatable bonds is 11. The molecule has 2 heterocycles. The van der Waals surface area contributed by atoms with Crippen molar-refractivity contribution in [2.24, 2.45) is 5.92 Å². The number of pyridine rings is 1.